The highest BCUT2D eigenvalue weighted by Gasteiger charge is 2.14. The third-order valence-electron chi connectivity index (χ3n) is 2.10. The minimum atomic E-state index is -0.910. The number of nitrogens with two attached hydrogens (primary N) is 2. The van der Waals surface area contributed by atoms with E-state index < -0.39 is 17.0 Å². The van der Waals surface area contributed by atoms with Crippen molar-refractivity contribution in [2.75, 3.05) is 11.9 Å². The second kappa shape index (κ2) is 7.57. The summed E-state index contributed by atoms with van der Waals surface area (Å²) in [6.45, 7) is 0.298. The molecule has 0 spiro atoms. The molecule has 0 aromatic carbocycles. The van der Waals surface area contributed by atoms with Crippen LogP contribution in [0.15, 0.2) is 5.10 Å². The second-order valence-electron chi connectivity index (χ2n) is 3.62. The number of carbonyl (C=O) groups excluding carboxylic acids is 1. The fraction of sp³-hybridized carbons (Fsp3) is 0.571. The van der Waals surface area contributed by atoms with Gasteiger partial charge in [0.25, 0.3) is 11.9 Å². The van der Waals surface area contributed by atoms with E-state index in [4.69, 9.17) is 11.5 Å². The average molecular weight is 286 g/mol. The first-order chi connectivity index (χ1) is 9.49. The molecule has 0 aliphatic carbocycles. The third-order valence-corrected chi connectivity index (χ3v) is 2.10. The van der Waals surface area contributed by atoms with Gasteiger partial charge in [-0.25, -0.2) is 10.1 Å². The molecule has 13 heteroatoms. The zero-order chi connectivity index (χ0) is 15.0. The molecule has 20 heavy (non-hydrogen) atoms. The molecule has 0 aliphatic rings. The second-order valence-corrected chi connectivity index (χ2v) is 3.62. The summed E-state index contributed by atoms with van der Waals surface area (Å²) in [5, 5.41) is 29.3. The Balaban J connectivity index is 2.21. The Morgan fingerprint density at radius 2 is 2.35 bits per heavy atom. The van der Waals surface area contributed by atoms with Crippen molar-refractivity contribution in [3.05, 3.63) is 10.1 Å². The number of H-pyrrole nitrogens is 1. The summed E-state index contributed by atoms with van der Waals surface area (Å²) >= 11 is 0. The van der Waals surface area contributed by atoms with Crippen molar-refractivity contribution in [1.29, 1.82) is 0 Å². The predicted octanol–water partition coefficient (Wildman–Crippen LogP) is -2.66. The van der Waals surface area contributed by atoms with Crippen LogP contribution >= 0.6 is 0 Å². The van der Waals surface area contributed by atoms with Gasteiger partial charge in [0, 0.05) is 6.54 Å². The van der Waals surface area contributed by atoms with Crippen molar-refractivity contribution < 1.29 is 9.83 Å². The third kappa shape index (κ3) is 5.67. The van der Waals surface area contributed by atoms with E-state index in [0.29, 0.717) is 19.4 Å². The van der Waals surface area contributed by atoms with Crippen LogP contribution in [0.4, 0.5) is 5.95 Å². The molecule has 1 unspecified atom stereocenters. The van der Waals surface area contributed by atoms with Crippen molar-refractivity contribution in [3.63, 3.8) is 0 Å². The summed E-state index contributed by atoms with van der Waals surface area (Å²) in [6, 6.07) is -0.774. The summed E-state index contributed by atoms with van der Waals surface area (Å²) < 4.78 is 0. The van der Waals surface area contributed by atoms with Crippen molar-refractivity contribution in [1.82, 2.24) is 25.9 Å². The van der Waals surface area contributed by atoms with Crippen LogP contribution in [0.25, 0.3) is 0 Å². The molecule has 1 aromatic heterocycles. The number of nitro groups is 1. The first-order valence-electron chi connectivity index (χ1n) is 5.51. The quantitative estimate of drug-likeness (QED) is 0.116. The molecular formula is C7H14N10O3. The maximum Gasteiger partial charge on any atom is 0.269 e. The van der Waals surface area contributed by atoms with Gasteiger partial charge in [-0.1, -0.05) is 5.10 Å². The van der Waals surface area contributed by atoms with Gasteiger partial charge in [-0.3, -0.25) is 10.1 Å². The Hall–Kier alpha value is -2.83. The van der Waals surface area contributed by atoms with Crippen LogP contribution in [0.5, 0.6) is 0 Å². The molecule has 0 aliphatic heterocycles. The van der Waals surface area contributed by atoms with E-state index in [1.54, 1.807) is 0 Å². The smallest absolute Gasteiger partial charge is 0.269 e. The van der Waals surface area contributed by atoms with Gasteiger partial charge in [0.2, 0.25) is 5.91 Å². The maximum atomic E-state index is 11.6. The summed E-state index contributed by atoms with van der Waals surface area (Å²) in [6.07, 6.45) is 0.803. The monoisotopic (exact) mass is 286 g/mol. The fourth-order valence-corrected chi connectivity index (χ4v) is 1.21. The molecule has 0 saturated heterocycles. The number of hydrazone groups is 1. The Kier molecular flexibility index (Phi) is 5.76. The standard InChI is InChI=1S/C7H14N10O3/c8-4(5(18)11-7-12-15-16-13-7)2-1-3-10-6(9)14-17(19)20/h4H,1-3,8H2,(H3,9,10,14)(H2,11,12,13,15,16,18). The maximum absolute atomic E-state index is 11.6. The van der Waals surface area contributed by atoms with E-state index >= 15 is 0 Å². The highest BCUT2D eigenvalue weighted by Crippen LogP contribution is 1.98. The molecule has 13 nitrogen and oxygen atoms in total. The number of hydrogen-bond acceptors (Lipinski definition) is 7. The molecule has 1 amide bonds. The molecule has 0 radical (unpaired) electrons. The van der Waals surface area contributed by atoms with E-state index in [1.807, 2.05) is 0 Å². The van der Waals surface area contributed by atoms with E-state index in [0.717, 1.165) is 0 Å². The highest BCUT2D eigenvalue weighted by molar-refractivity contribution is 5.93. The molecule has 1 aromatic rings. The molecule has 1 heterocycles. The number of aromatic nitrogens is 4. The number of tetrazole rings is 1. The summed E-state index contributed by atoms with van der Waals surface area (Å²) in [4.78, 5) is 21.6. The van der Waals surface area contributed by atoms with Gasteiger partial charge in [-0.2, -0.15) is 5.21 Å². The van der Waals surface area contributed by atoms with Gasteiger partial charge < -0.3 is 16.8 Å². The summed E-state index contributed by atoms with van der Waals surface area (Å²) in [5.41, 5.74) is 10.8. The van der Waals surface area contributed by atoms with Gasteiger partial charge in [-0.05, 0) is 18.1 Å². The number of nitrogens with one attached hydrogen (secondary N) is 3. The Labute approximate surface area is 112 Å². The SMILES string of the molecule is N/C(=N\[N+](=O)[O-])NCCCC(N)C(=O)Nc1nn[nH]n1. The number of anilines is 1. The van der Waals surface area contributed by atoms with Crippen molar-refractivity contribution >= 4 is 17.8 Å². The number of aromatic amines is 1. The zero-order valence-corrected chi connectivity index (χ0v) is 10.3. The molecule has 0 fully saturated rings. The van der Waals surface area contributed by atoms with Crippen LogP contribution in [0.2, 0.25) is 0 Å². The number of rotatable bonds is 7. The average Bonchev–Trinajstić information content (AvgIpc) is 2.86. The molecule has 1 atom stereocenters. The van der Waals surface area contributed by atoms with Crippen molar-refractivity contribution in [2.24, 2.45) is 16.6 Å². The first kappa shape index (κ1) is 15.2. The first-order valence-corrected chi connectivity index (χ1v) is 5.51. The minimum Gasteiger partial charge on any atom is -0.365 e. The van der Waals surface area contributed by atoms with Crippen LogP contribution < -0.4 is 22.1 Å². The lowest BCUT2D eigenvalue weighted by Gasteiger charge is -2.10. The number of amides is 1. The fourth-order valence-electron chi connectivity index (χ4n) is 1.21. The van der Waals surface area contributed by atoms with E-state index in [1.165, 1.54) is 0 Å². The molecule has 1 rings (SSSR count). The lowest BCUT2D eigenvalue weighted by Crippen LogP contribution is -2.38. The zero-order valence-electron chi connectivity index (χ0n) is 10.3. The number of carbonyl (C=O) groups is 1. The van der Waals surface area contributed by atoms with Gasteiger partial charge in [0.1, 0.15) is 5.10 Å². The molecular weight excluding hydrogens is 272 g/mol. The largest absolute Gasteiger partial charge is 0.365 e. The summed E-state index contributed by atoms with van der Waals surface area (Å²) in [7, 11) is 0. The van der Waals surface area contributed by atoms with Crippen LogP contribution in [0, 0.1) is 10.1 Å². The van der Waals surface area contributed by atoms with Gasteiger partial charge in [0.05, 0.1) is 6.04 Å². The van der Waals surface area contributed by atoms with E-state index in [2.05, 4.69) is 36.4 Å². The normalized spacial score (nSPS) is 12.8. The Morgan fingerprint density at radius 1 is 1.60 bits per heavy atom. The number of guanidine groups is 1. The Morgan fingerprint density at radius 3 is 2.95 bits per heavy atom. The van der Waals surface area contributed by atoms with Crippen molar-refractivity contribution in [3.8, 4) is 0 Å². The highest BCUT2D eigenvalue weighted by atomic mass is 16.7. The van der Waals surface area contributed by atoms with Gasteiger partial charge in [0.15, 0.2) is 5.03 Å². The lowest BCUT2D eigenvalue weighted by atomic mass is 10.1. The molecule has 0 saturated carbocycles. The minimum absolute atomic E-state index is 0.0333. The van der Waals surface area contributed by atoms with E-state index in [9.17, 15) is 14.9 Å². The topological polar surface area (TPSA) is 203 Å². The molecule has 0 bridgehead atoms. The van der Waals surface area contributed by atoms with Gasteiger partial charge in [-0.15, -0.1) is 5.10 Å². The van der Waals surface area contributed by atoms with Crippen LogP contribution in [0.1, 0.15) is 12.8 Å². The van der Waals surface area contributed by atoms with Crippen LogP contribution in [-0.2, 0) is 4.79 Å². The van der Waals surface area contributed by atoms with Gasteiger partial charge >= 0.3 is 0 Å². The van der Waals surface area contributed by atoms with Crippen molar-refractivity contribution in [2.45, 2.75) is 18.9 Å². The van der Waals surface area contributed by atoms with E-state index in [-0.39, 0.29) is 11.9 Å². The number of hydrogen-bond donors (Lipinski definition) is 5. The lowest BCUT2D eigenvalue weighted by molar-refractivity contribution is -0.485. The Bertz CT molecular complexity index is 471. The predicted molar refractivity (Wildman–Crippen MR) is 66.6 cm³/mol. The number of nitrogens with zero attached hydrogens (tertiary/aromatic N) is 5. The summed E-state index contributed by atoms with van der Waals surface area (Å²) in [5.74, 6) is -0.732. The molecule has 7 N–H and O–H groups in total. The van der Waals surface area contributed by atoms with Crippen LogP contribution in [0.3, 0.4) is 0 Å². The molecule has 110 valence electrons. The van der Waals surface area contributed by atoms with Crippen LogP contribution in [-0.4, -0.2) is 50.1 Å².